The number of alkyl carbamates (subject to hydrolysis) is 1. The number of hydrogen-bond donors (Lipinski definition) is 1. The molecule has 3 saturated heterocycles. The van der Waals surface area contributed by atoms with Crippen LogP contribution < -0.4 is 5.32 Å². The Morgan fingerprint density at radius 3 is 2.35 bits per heavy atom. The third kappa shape index (κ3) is 3.11. The summed E-state index contributed by atoms with van der Waals surface area (Å²) < 4.78 is 10.4. The molecule has 2 unspecified atom stereocenters. The molecule has 0 saturated carbocycles. The van der Waals surface area contributed by atoms with E-state index in [0.29, 0.717) is 12.6 Å². The van der Waals surface area contributed by atoms with Gasteiger partial charge >= 0.3 is 12.2 Å². The van der Waals surface area contributed by atoms with Gasteiger partial charge < -0.3 is 19.7 Å². The molecule has 0 aromatic heterocycles. The summed E-state index contributed by atoms with van der Waals surface area (Å²) in [5, 5.41) is 2.78. The average Bonchev–Trinajstić information content (AvgIpc) is 2.87. The monoisotopic (exact) mass is 325 g/mol. The zero-order valence-corrected chi connectivity index (χ0v) is 14.2. The van der Waals surface area contributed by atoms with Crippen molar-refractivity contribution in [3.63, 3.8) is 0 Å². The predicted molar refractivity (Wildman–Crippen MR) is 84.2 cm³/mol. The first kappa shape index (κ1) is 16.4. The number of rotatable bonds is 1. The summed E-state index contributed by atoms with van der Waals surface area (Å²) >= 11 is 0. The summed E-state index contributed by atoms with van der Waals surface area (Å²) in [6, 6.07) is 0.833. The fourth-order valence-corrected chi connectivity index (χ4v) is 4.39. The van der Waals surface area contributed by atoms with Gasteiger partial charge in [0.25, 0.3) is 0 Å². The molecule has 23 heavy (non-hydrogen) atoms. The molecule has 0 aromatic rings. The van der Waals surface area contributed by atoms with E-state index in [2.05, 4.69) is 24.1 Å². The van der Waals surface area contributed by atoms with E-state index in [4.69, 9.17) is 9.47 Å². The summed E-state index contributed by atoms with van der Waals surface area (Å²) in [6.45, 7) is 6.70. The highest BCUT2D eigenvalue weighted by Gasteiger charge is 2.45. The second-order valence-corrected chi connectivity index (χ2v) is 7.16. The minimum Gasteiger partial charge on any atom is -0.453 e. The summed E-state index contributed by atoms with van der Waals surface area (Å²) in [7, 11) is 1.44. The van der Waals surface area contributed by atoms with Crippen LogP contribution in [0.25, 0.3) is 0 Å². The Balaban J connectivity index is 1.57. The van der Waals surface area contributed by atoms with E-state index >= 15 is 0 Å². The zero-order chi connectivity index (χ0) is 16.6. The zero-order valence-electron chi connectivity index (χ0n) is 14.2. The van der Waals surface area contributed by atoms with Crippen molar-refractivity contribution < 1.29 is 19.1 Å². The van der Waals surface area contributed by atoms with Crippen LogP contribution >= 0.6 is 0 Å². The van der Waals surface area contributed by atoms with Crippen molar-refractivity contribution >= 4 is 12.2 Å². The molecule has 3 aliphatic heterocycles. The van der Waals surface area contributed by atoms with Crippen molar-refractivity contribution in [2.45, 2.75) is 63.3 Å². The number of nitrogens with zero attached hydrogens (tertiary/aromatic N) is 2. The first-order valence-electron chi connectivity index (χ1n) is 8.51. The van der Waals surface area contributed by atoms with Crippen molar-refractivity contribution in [1.82, 2.24) is 15.1 Å². The Hall–Kier alpha value is -1.50. The minimum atomic E-state index is -0.294. The number of carbonyl (C=O) groups excluding carboxylic acids is 2. The van der Waals surface area contributed by atoms with E-state index in [-0.39, 0.29) is 29.9 Å². The van der Waals surface area contributed by atoms with E-state index in [9.17, 15) is 9.59 Å². The summed E-state index contributed by atoms with van der Waals surface area (Å²) in [6.07, 6.45) is 3.17. The summed E-state index contributed by atoms with van der Waals surface area (Å²) in [5.74, 6) is 0. The van der Waals surface area contributed by atoms with Crippen molar-refractivity contribution in [1.29, 1.82) is 0 Å². The lowest BCUT2D eigenvalue weighted by Gasteiger charge is -2.48. The van der Waals surface area contributed by atoms with Crippen LogP contribution in [0.5, 0.6) is 0 Å². The van der Waals surface area contributed by atoms with Crippen LogP contribution in [-0.2, 0) is 9.47 Å². The molecule has 7 nitrogen and oxygen atoms in total. The van der Waals surface area contributed by atoms with Crippen LogP contribution in [0, 0.1) is 0 Å². The molecule has 0 bridgehead atoms. The summed E-state index contributed by atoms with van der Waals surface area (Å²) in [4.78, 5) is 27.6. The van der Waals surface area contributed by atoms with Crippen LogP contribution in [0.1, 0.15) is 39.5 Å². The Morgan fingerprint density at radius 1 is 1.26 bits per heavy atom. The maximum Gasteiger partial charge on any atom is 0.409 e. The number of carbonyl (C=O) groups is 2. The number of methoxy groups -OCH3 is 1. The number of ether oxygens (including phenoxy) is 2. The molecule has 3 aliphatic rings. The van der Waals surface area contributed by atoms with Gasteiger partial charge in [-0.2, -0.15) is 0 Å². The molecule has 130 valence electrons. The van der Waals surface area contributed by atoms with E-state index in [1.54, 1.807) is 0 Å². The number of nitrogens with one attached hydrogen (secondary N) is 1. The largest absolute Gasteiger partial charge is 0.453 e. The Labute approximate surface area is 137 Å². The van der Waals surface area contributed by atoms with Crippen molar-refractivity contribution in [3.05, 3.63) is 0 Å². The van der Waals surface area contributed by atoms with Gasteiger partial charge in [0.1, 0.15) is 5.60 Å². The van der Waals surface area contributed by atoms with Crippen molar-refractivity contribution in [2.75, 3.05) is 26.7 Å². The van der Waals surface area contributed by atoms with Gasteiger partial charge in [-0.3, -0.25) is 4.90 Å². The van der Waals surface area contributed by atoms with Gasteiger partial charge in [0, 0.05) is 44.1 Å². The molecule has 0 radical (unpaired) electrons. The van der Waals surface area contributed by atoms with Crippen molar-refractivity contribution in [3.8, 4) is 0 Å². The van der Waals surface area contributed by atoms with Crippen LogP contribution in [0.2, 0.25) is 0 Å². The lowest BCUT2D eigenvalue weighted by atomic mass is 9.87. The third-order valence-electron chi connectivity index (χ3n) is 5.65. The fourth-order valence-electron chi connectivity index (χ4n) is 4.39. The minimum absolute atomic E-state index is 0.179. The van der Waals surface area contributed by atoms with Crippen molar-refractivity contribution in [2.24, 2.45) is 0 Å². The Bertz CT molecular complexity index is 464. The molecular formula is C16H27N3O4. The maximum absolute atomic E-state index is 11.9. The first-order chi connectivity index (χ1) is 10.9. The number of likely N-dealkylation sites (tertiary alicyclic amines) is 2. The molecule has 2 atom stereocenters. The number of amides is 2. The lowest BCUT2D eigenvalue weighted by molar-refractivity contribution is -0.0287. The second kappa shape index (κ2) is 6.19. The smallest absolute Gasteiger partial charge is 0.409 e. The highest BCUT2D eigenvalue weighted by atomic mass is 16.6. The predicted octanol–water partition coefficient (Wildman–Crippen LogP) is 1.57. The van der Waals surface area contributed by atoms with Gasteiger partial charge in [0.2, 0.25) is 0 Å². The highest BCUT2D eigenvalue weighted by molar-refractivity contribution is 5.70. The van der Waals surface area contributed by atoms with Crippen LogP contribution in [0.15, 0.2) is 0 Å². The van der Waals surface area contributed by atoms with Crippen LogP contribution in [0.4, 0.5) is 9.59 Å². The van der Waals surface area contributed by atoms with Gasteiger partial charge in [-0.25, -0.2) is 9.59 Å². The van der Waals surface area contributed by atoms with Crippen LogP contribution in [0.3, 0.4) is 0 Å². The van der Waals surface area contributed by atoms with E-state index < -0.39 is 0 Å². The van der Waals surface area contributed by atoms with E-state index in [0.717, 1.165) is 38.8 Å². The average molecular weight is 325 g/mol. The van der Waals surface area contributed by atoms with E-state index in [1.807, 2.05) is 4.90 Å². The van der Waals surface area contributed by atoms with Gasteiger partial charge in [0.05, 0.1) is 13.7 Å². The molecule has 3 heterocycles. The Morgan fingerprint density at radius 2 is 1.87 bits per heavy atom. The fraction of sp³-hybridized carbons (Fsp3) is 0.875. The molecule has 2 amide bonds. The normalized spacial score (nSPS) is 34.1. The number of hydrogen-bond acceptors (Lipinski definition) is 5. The van der Waals surface area contributed by atoms with Gasteiger partial charge in [-0.15, -0.1) is 0 Å². The standard InChI is InChI=1S/C16H27N3O4/c1-11-8-13(9-12(2)19(11)15(21)22-3)18-6-4-16(5-7-18)10-17-14(20)23-16/h11-13H,4-10H2,1-3H3,(H,17,20). The molecule has 3 fully saturated rings. The SMILES string of the molecule is COC(=O)N1C(C)CC(N2CCC3(CC2)CNC(=O)O3)CC1C. The second-order valence-electron chi connectivity index (χ2n) is 7.16. The first-order valence-corrected chi connectivity index (χ1v) is 8.51. The molecule has 7 heteroatoms. The molecule has 1 N–H and O–H groups in total. The molecule has 0 aromatic carbocycles. The summed E-state index contributed by atoms with van der Waals surface area (Å²) in [5.41, 5.74) is -0.294. The molecule has 3 rings (SSSR count). The molecule has 0 aliphatic carbocycles. The quantitative estimate of drug-likeness (QED) is 0.792. The van der Waals surface area contributed by atoms with Gasteiger partial charge in [-0.05, 0) is 26.7 Å². The van der Waals surface area contributed by atoms with E-state index in [1.165, 1.54) is 7.11 Å². The topological polar surface area (TPSA) is 71.1 Å². The molecular weight excluding hydrogens is 298 g/mol. The van der Waals surface area contributed by atoms with Gasteiger partial charge in [-0.1, -0.05) is 0 Å². The third-order valence-corrected chi connectivity index (χ3v) is 5.65. The maximum atomic E-state index is 11.9. The highest BCUT2D eigenvalue weighted by Crippen LogP contribution is 2.34. The number of piperidine rings is 2. The lowest BCUT2D eigenvalue weighted by Crippen LogP contribution is -2.57. The molecule has 1 spiro atoms. The van der Waals surface area contributed by atoms with Crippen LogP contribution in [-0.4, -0.2) is 72.5 Å². The van der Waals surface area contributed by atoms with Gasteiger partial charge in [0.15, 0.2) is 0 Å². The Kier molecular flexibility index (Phi) is 4.40.